The number of carbonyl (C=O) groups excluding carboxylic acids is 3. The van der Waals surface area contributed by atoms with Crippen LogP contribution in [0, 0.1) is 17.4 Å². The quantitative estimate of drug-likeness (QED) is 0.165. The smallest absolute Gasteiger partial charge is 0.335 e. The summed E-state index contributed by atoms with van der Waals surface area (Å²) in [5.41, 5.74) is 3.98. The second-order valence-electron chi connectivity index (χ2n) is 8.89. The molecule has 1 N–H and O–H groups in total. The lowest BCUT2D eigenvalue weighted by Crippen LogP contribution is -2.54. The van der Waals surface area contributed by atoms with E-state index in [9.17, 15) is 14.4 Å². The topological polar surface area (TPSA) is 75.7 Å². The van der Waals surface area contributed by atoms with Crippen LogP contribution in [0.25, 0.3) is 16.8 Å². The maximum absolute atomic E-state index is 13.2. The summed E-state index contributed by atoms with van der Waals surface area (Å²) in [4.78, 5) is 39.2. The van der Waals surface area contributed by atoms with Crippen LogP contribution < -0.4 is 15.0 Å². The first-order valence-electron chi connectivity index (χ1n) is 11.7. The summed E-state index contributed by atoms with van der Waals surface area (Å²) in [6.07, 6.45) is 1.49. The van der Waals surface area contributed by atoms with Crippen molar-refractivity contribution in [1.29, 1.82) is 0 Å². The Morgan fingerprint density at radius 3 is 2.41 bits per heavy atom. The number of imide groups is 2. The van der Waals surface area contributed by atoms with Crippen molar-refractivity contribution in [3.8, 4) is 5.75 Å². The Morgan fingerprint density at radius 2 is 1.65 bits per heavy atom. The lowest BCUT2D eigenvalue weighted by Gasteiger charge is -2.26. The number of ether oxygens (including phenoxy) is 1. The van der Waals surface area contributed by atoms with Crippen molar-refractivity contribution in [2.75, 3.05) is 4.90 Å². The van der Waals surface area contributed by atoms with Gasteiger partial charge in [-0.2, -0.15) is 0 Å². The van der Waals surface area contributed by atoms with Crippen LogP contribution in [0.4, 0.5) is 10.5 Å². The highest BCUT2D eigenvalue weighted by molar-refractivity contribution is 14.1. The molecular weight excluding hydrogens is 579 g/mol. The number of amides is 4. The Kier molecular flexibility index (Phi) is 6.80. The van der Waals surface area contributed by atoms with Crippen LogP contribution in [-0.2, 0) is 16.2 Å². The van der Waals surface area contributed by atoms with Crippen molar-refractivity contribution < 1.29 is 19.1 Å². The van der Waals surface area contributed by atoms with Crippen LogP contribution in [0.1, 0.15) is 22.3 Å². The first-order valence-corrected chi connectivity index (χ1v) is 12.8. The molecule has 4 amide bonds. The van der Waals surface area contributed by atoms with E-state index in [1.807, 2.05) is 50.2 Å². The zero-order valence-electron chi connectivity index (χ0n) is 20.2. The normalized spacial score (nSPS) is 14.8. The highest BCUT2D eigenvalue weighted by atomic mass is 127. The van der Waals surface area contributed by atoms with Crippen LogP contribution in [0.3, 0.4) is 0 Å². The van der Waals surface area contributed by atoms with Crippen molar-refractivity contribution in [2.45, 2.75) is 20.5 Å². The molecule has 6 nitrogen and oxygen atoms in total. The predicted octanol–water partition coefficient (Wildman–Crippen LogP) is 6.31. The molecule has 1 aliphatic rings. The molecule has 0 atom stereocenters. The zero-order valence-corrected chi connectivity index (χ0v) is 22.4. The van der Waals surface area contributed by atoms with Crippen molar-refractivity contribution in [3.05, 3.63) is 110 Å². The van der Waals surface area contributed by atoms with Gasteiger partial charge in [0.1, 0.15) is 17.9 Å². The predicted molar refractivity (Wildman–Crippen MR) is 152 cm³/mol. The van der Waals surface area contributed by atoms with Crippen molar-refractivity contribution in [2.24, 2.45) is 0 Å². The number of benzene rings is 4. The van der Waals surface area contributed by atoms with Crippen LogP contribution >= 0.6 is 22.6 Å². The third-order valence-electron chi connectivity index (χ3n) is 6.33. The number of nitrogens with one attached hydrogen (secondary N) is 1. The summed E-state index contributed by atoms with van der Waals surface area (Å²) in [6.45, 7) is 4.26. The van der Waals surface area contributed by atoms with Crippen LogP contribution in [0.5, 0.6) is 5.75 Å². The van der Waals surface area contributed by atoms with E-state index in [1.54, 1.807) is 18.2 Å². The first kappa shape index (κ1) is 24.7. The summed E-state index contributed by atoms with van der Waals surface area (Å²) in [6, 6.07) is 24.4. The van der Waals surface area contributed by atoms with Gasteiger partial charge in [-0.3, -0.25) is 14.9 Å². The minimum Gasteiger partial charge on any atom is -0.488 e. The van der Waals surface area contributed by atoms with Crippen LogP contribution in [0.2, 0.25) is 0 Å². The number of barbiturate groups is 1. The second kappa shape index (κ2) is 10.2. The Morgan fingerprint density at radius 1 is 0.865 bits per heavy atom. The number of aryl methyl sites for hydroxylation is 2. The first-order chi connectivity index (χ1) is 17.8. The number of hydrogen-bond acceptors (Lipinski definition) is 4. The molecule has 7 heteroatoms. The zero-order chi connectivity index (χ0) is 26.1. The highest BCUT2D eigenvalue weighted by Crippen LogP contribution is 2.27. The maximum Gasteiger partial charge on any atom is 0.335 e. The van der Waals surface area contributed by atoms with E-state index in [0.717, 1.165) is 30.5 Å². The van der Waals surface area contributed by atoms with Gasteiger partial charge in [0.25, 0.3) is 11.8 Å². The lowest BCUT2D eigenvalue weighted by molar-refractivity contribution is -0.122. The van der Waals surface area contributed by atoms with Gasteiger partial charge in [-0.05, 0) is 106 Å². The number of hydrogen-bond donors (Lipinski definition) is 1. The summed E-state index contributed by atoms with van der Waals surface area (Å²) >= 11 is 2.17. The number of nitrogens with zero attached hydrogens (tertiary/aromatic N) is 1. The molecule has 5 rings (SSSR count). The van der Waals surface area contributed by atoms with E-state index < -0.39 is 17.8 Å². The van der Waals surface area contributed by atoms with E-state index in [2.05, 4.69) is 52.2 Å². The highest BCUT2D eigenvalue weighted by Gasteiger charge is 2.36. The van der Waals surface area contributed by atoms with Crippen molar-refractivity contribution in [3.63, 3.8) is 0 Å². The van der Waals surface area contributed by atoms with Gasteiger partial charge in [0, 0.05) is 0 Å². The molecule has 0 bridgehead atoms. The molecule has 1 aliphatic heterocycles. The fourth-order valence-electron chi connectivity index (χ4n) is 4.14. The Bertz CT molecular complexity index is 1610. The molecule has 0 aromatic heterocycles. The lowest BCUT2D eigenvalue weighted by atomic mass is 10.0. The molecule has 0 radical (unpaired) electrons. The molecule has 184 valence electrons. The standard InChI is InChI=1S/C30H23IN2O4/c1-18-7-11-24(13-19(18)2)33-29(35)25(28(34)32-30(33)36)15-20-9-12-27(26(31)16-20)37-17-21-8-10-22-5-3-4-6-23(22)14-21/h3-16H,17H2,1-2H3,(H,32,34,36)/b25-15+. The van der Waals surface area contributed by atoms with Crippen LogP contribution in [0.15, 0.2) is 84.4 Å². The second-order valence-corrected chi connectivity index (χ2v) is 10.0. The van der Waals surface area contributed by atoms with Gasteiger partial charge in [-0.15, -0.1) is 0 Å². The van der Waals surface area contributed by atoms with Gasteiger partial charge in [-0.25, -0.2) is 9.69 Å². The van der Waals surface area contributed by atoms with Gasteiger partial charge >= 0.3 is 6.03 Å². The van der Waals surface area contributed by atoms with Gasteiger partial charge in [0.15, 0.2) is 0 Å². The Hall–Kier alpha value is -3.98. The minimum atomic E-state index is -0.762. The number of carbonyl (C=O) groups is 3. The maximum atomic E-state index is 13.2. The van der Waals surface area contributed by atoms with Crippen molar-refractivity contribution >= 4 is 63.0 Å². The Balaban J connectivity index is 1.36. The average molecular weight is 602 g/mol. The molecule has 4 aromatic carbocycles. The summed E-state index contributed by atoms with van der Waals surface area (Å²) in [5.74, 6) is -0.687. The van der Waals surface area contributed by atoms with Gasteiger partial charge < -0.3 is 4.74 Å². The number of anilines is 1. The molecule has 37 heavy (non-hydrogen) atoms. The van der Waals surface area contributed by atoms with Gasteiger partial charge in [0.05, 0.1) is 9.26 Å². The summed E-state index contributed by atoms with van der Waals surface area (Å²) in [5, 5.41) is 4.61. The third kappa shape index (κ3) is 5.13. The Labute approximate surface area is 228 Å². The monoisotopic (exact) mass is 602 g/mol. The van der Waals surface area contributed by atoms with Gasteiger partial charge in [-0.1, -0.05) is 48.5 Å². The summed E-state index contributed by atoms with van der Waals surface area (Å²) in [7, 11) is 0. The fraction of sp³-hybridized carbons (Fsp3) is 0.100. The van der Waals surface area contributed by atoms with E-state index in [-0.39, 0.29) is 5.57 Å². The molecule has 0 unspecified atom stereocenters. The SMILES string of the molecule is Cc1ccc(N2C(=O)NC(=O)/C(=C\c3ccc(OCc4ccc5ccccc5c4)c(I)c3)C2=O)cc1C. The van der Waals surface area contributed by atoms with Crippen LogP contribution in [-0.4, -0.2) is 17.8 Å². The molecule has 1 saturated heterocycles. The molecule has 0 saturated carbocycles. The third-order valence-corrected chi connectivity index (χ3v) is 7.17. The number of fused-ring (bicyclic) bond motifs is 1. The molecule has 1 fully saturated rings. The van der Waals surface area contributed by atoms with E-state index in [1.165, 1.54) is 11.5 Å². The minimum absolute atomic E-state index is 0.113. The molecule has 0 spiro atoms. The number of urea groups is 1. The molecule has 1 heterocycles. The summed E-state index contributed by atoms with van der Waals surface area (Å²) < 4.78 is 6.87. The molecule has 4 aromatic rings. The average Bonchev–Trinajstić information content (AvgIpc) is 2.88. The van der Waals surface area contributed by atoms with Gasteiger partial charge in [0.2, 0.25) is 0 Å². The fourth-order valence-corrected chi connectivity index (χ4v) is 4.83. The molecular formula is C30H23IN2O4. The van der Waals surface area contributed by atoms with E-state index in [4.69, 9.17) is 4.74 Å². The number of halogens is 1. The van der Waals surface area contributed by atoms with E-state index in [0.29, 0.717) is 23.6 Å². The van der Waals surface area contributed by atoms with Crippen molar-refractivity contribution in [1.82, 2.24) is 5.32 Å². The number of rotatable bonds is 5. The van der Waals surface area contributed by atoms with E-state index >= 15 is 0 Å². The largest absolute Gasteiger partial charge is 0.488 e. The molecule has 0 aliphatic carbocycles.